The van der Waals surface area contributed by atoms with Gasteiger partial charge >= 0.3 is 0 Å². The number of hydrogen-bond acceptors (Lipinski definition) is 5. The lowest BCUT2D eigenvalue weighted by Gasteiger charge is -2.06. The van der Waals surface area contributed by atoms with E-state index in [1.54, 1.807) is 31.6 Å². The van der Waals surface area contributed by atoms with Crippen molar-refractivity contribution >= 4 is 23.2 Å². The number of nitrogens with one attached hydrogen (secondary N) is 1. The highest BCUT2D eigenvalue weighted by molar-refractivity contribution is 6.30. The van der Waals surface area contributed by atoms with Crippen molar-refractivity contribution in [1.82, 2.24) is 15.0 Å². The van der Waals surface area contributed by atoms with Crippen molar-refractivity contribution in [2.24, 2.45) is 0 Å². The number of rotatable bonds is 3. The molecule has 2 aromatic heterocycles. The molecule has 0 fully saturated rings. The summed E-state index contributed by atoms with van der Waals surface area (Å²) in [5.74, 6) is 0.960. The zero-order valence-corrected chi connectivity index (χ0v) is 10.2. The van der Waals surface area contributed by atoms with Crippen LogP contribution in [0.5, 0.6) is 5.88 Å². The number of nitrogens with zero attached hydrogens (tertiary/aromatic N) is 3. The molecule has 0 aliphatic rings. The number of hydrogen-bond donors (Lipinski definition) is 1. The molecule has 5 nitrogen and oxygen atoms in total. The summed E-state index contributed by atoms with van der Waals surface area (Å²) in [6.45, 7) is 1.85. The second-order valence-corrected chi connectivity index (χ2v) is 3.74. The first kappa shape index (κ1) is 11.6. The SMILES string of the molecule is COc1cc(Nc2ncc(C)c(Cl)n2)ccn1. The summed E-state index contributed by atoms with van der Waals surface area (Å²) in [7, 11) is 1.56. The predicted molar refractivity (Wildman–Crippen MR) is 65.9 cm³/mol. The Morgan fingerprint density at radius 1 is 1.35 bits per heavy atom. The summed E-state index contributed by atoms with van der Waals surface area (Å²) in [6, 6.07) is 3.54. The molecule has 0 aromatic carbocycles. The average Bonchev–Trinajstić information content (AvgIpc) is 2.34. The third kappa shape index (κ3) is 2.82. The van der Waals surface area contributed by atoms with Crippen molar-refractivity contribution in [2.75, 3.05) is 12.4 Å². The summed E-state index contributed by atoms with van der Waals surface area (Å²) in [6.07, 6.45) is 3.30. The molecule has 2 aromatic rings. The quantitative estimate of drug-likeness (QED) is 0.849. The van der Waals surface area contributed by atoms with Crippen LogP contribution in [0.3, 0.4) is 0 Å². The monoisotopic (exact) mass is 250 g/mol. The lowest BCUT2D eigenvalue weighted by molar-refractivity contribution is 0.398. The molecule has 2 rings (SSSR count). The average molecular weight is 251 g/mol. The maximum absolute atomic E-state index is 5.91. The third-order valence-electron chi connectivity index (χ3n) is 2.11. The van der Waals surface area contributed by atoms with Crippen LogP contribution in [0.2, 0.25) is 5.15 Å². The highest BCUT2D eigenvalue weighted by atomic mass is 35.5. The van der Waals surface area contributed by atoms with E-state index in [0.717, 1.165) is 11.3 Å². The molecule has 6 heteroatoms. The van der Waals surface area contributed by atoms with Gasteiger partial charge in [0.25, 0.3) is 0 Å². The Bertz CT molecular complexity index is 533. The van der Waals surface area contributed by atoms with Gasteiger partial charge in [0.2, 0.25) is 11.8 Å². The first-order chi connectivity index (χ1) is 8.19. The number of pyridine rings is 1. The lowest BCUT2D eigenvalue weighted by atomic mass is 10.4. The summed E-state index contributed by atoms with van der Waals surface area (Å²) in [5.41, 5.74) is 1.63. The van der Waals surface area contributed by atoms with Gasteiger partial charge in [-0.15, -0.1) is 0 Å². The fraction of sp³-hybridized carbons (Fsp3) is 0.182. The van der Waals surface area contributed by atoms with Crippen molar-refractivity contribution in [3.8, 4) is 5.88 Å². The van der Waals surface area contributed by atoms with Crippen LogP contribution in [0.15, 0.2) is 24.5 Å². The summed E-state index contributed by atoms with van der Waals surface area (Å²) < 4.78 is 5.02. The molecule has 0 amide bonds. The van der Waals surface area contributed by atoms with Crippen LogP contribution in [-0.2, 0) is 0 Å². The molecule has 1 N–H and O–H groups in total. The number of methoxy groups -OCH3 is 1. The minimum atomic E-state index is 0.434. The molecular weight excluding hydrogens is 240 g/mol. The van der Waals surface area contributed by atoms with Crippen LogP contribution in [0.4, 0.5) is 11.6 Å². The first-order valence-corrected chi connectivity index (χ1v) is 5.33. The van der Waals surface area contributed by atoms with Crippen LogP contribution < -0.4 is 10.1 Å². The van der Waals surface area contributed by atoms with Crippen LogP contribution in [0, 0.1) is 6.92 Å². The van der Waals surface area contributed by atoms with Crippen molar-refractivity contribution in [1.29, 1.82) is 0 Å². The van der Waals surface area contributed by atoms with E-state index in [9.17, 15) is 0 Å². The smallest absolute Gasteiger partial charge is 0.228 e. The molecule has 0 atom stereocenters. The molecule has 0 saturated heterocycles. The van der Waals surface area contributed by atoms with Crippen LogP contribution in [-0.4, -0.2) is 22.1 Å². The number of anilines is 2. The zero-order valence-electron chi connectivity index (χ0n) is 9.44. The summed E-state index contributed by atoms with van der Waals surface area (Å²) >= 11 is 5.91. The van der Waals surface area contributed by atoms with Crippen molar-refractivity contribution in [2.45, 2.75) is 6.92 Å². The standard InChI is InChI=1S/C11H11ClN4O/c1-7-6-14-11(16-10(7)12)15-8-3-4-13-9(5-8)17-2/h3-6H,1-2H3,(H,13,14,15,16). The number of aryl methyl sites for hydroxylation is 1. The Kier molecular flexibility index (Phi) is 3.39. The van der Waals surface area contributed by atoms with Crippen LogP contribution in [0.25, 0.3) is 0 Å². The zero-order chi connectivity index (χ0) is 12.3. The van der Waals surface area contributed by atoms with E-state index in [0.29, 0.717) is 17.0 Å². The van der Waals surface area contributed by atoms with Gasteiger partial charge in [-0.1, -0.05) is 11.6 Å². The highest BCUT2D eigenvalue weighted by Crippen LogP contribution is 2.18. The normalized spacial score (nSPS) is 10.1. The Morgan fingerprint density at radius 3 is 2.88 bits per heavy atom. The van der Waals surface area contributed by atoms with Crippen molar-refractivity contribution in [3.05, 3.63) is 35.2 Å². The Morgan fingerprint density at radius 2 is 2.18 bits per heavy atom. The minimum absolute atomic E-state index is 0.434. The molecule has 0 spiro atoms. The van der Waals surface area contributed by atoms with E-state index in [4.69, 9.17) is 16.3 Å². The van der Waals surface area contributed by atoms with E-state index in [2.05, 4.69) is 20.3 Å². The maximum atomic E-state index is 5.91. The predicted octanol–water partition coefficient (Wildman–Crippen LogP) is 2.59. The highest BCUT2D eigenvalue weighted by Gasteiger charge is 2.02. The van der Waals surface area contributed by atoms with E-state index < -0.39 is 0 Å². The van der Waals surface area contributed by atoms with Gasteiger partial charge in [-0.25, -0.2) is 15.0 Å². The third-order valence-corrected chi connectivity index (χ3v) is 2.49. The summed E-state index contributed by atoms with van der Waals surface area (Å²) in [5, 5.41) is 3.45. The minimum Gasteiger partial charge on any atom is -0.481 e. The van der Waals surface area contributed by atoms with Gasteiger partial charge in [-0.3, -0.25) is 0 Å². The van der Waals surface area contributed by atoms with Crippen molar-refractivity contribution in [3.63, 3.8) is 0 Å². The number of aromatic nitrogens is 3. The maximum Gasteiger partial charge on any atom is 0.228 e. The fourth-order valence-electron chi connectivity index (χ4n) is 1.21. The van der Waals surface area contributed by atoms with Gasteiger partial charge in [-0.05, 0) is 13.0 Å². The van der Waals surface area contributed by atoms with Gasteiger partial charge in [0.1, 0.15) is 5.15 Å². The molecule has 2 heterocycles. The number of halogens is 1. The van der Waals surface area contributed by atoms with Gasteiger partial charge in [0.15, 0.2) is 0 Å². The largest absolute Gasteiger partial charge is 0.481 e. The molecule has 0 aliphatic carbocycles. The van der Waals surface area contributed by atoms with Crippen LogP contribution in [0.1, 0.15) is 5.56 Å². The Hall–Kier alpha value is -1.88. The topological polar surface area (TPSA) is 59.9 Å². The van der Waals surface area contributed by atoms with Crippen molar-refractivity contribution < 1.29 is 4.74 Å². The van der Waals surface area contributed by atoms with E-state index >= 15 is 0 Å². The summed E-state index contributed by atoms with van der Waals surface area (Å²) in [4.78, 5) is 12.2. The molecule has 88 valence electrons. The van der Waals surface area contributed by atoms with E-state index in [1.807, 2.05) is 6.92 Å². The second kappa shape index (κ2) is 4.97. The van der Waals surface area contributed by atoms with E-state index in [1.165, 1.54) is 0 Å². The van der Waals surface area contributed by atoms with Gasteiger partial charge < -0.3 is 10.1 Å². The molecule has 0 unspecified atom stereocenters. The molecule has 0 aliphatic heterocycles. The number of ether oxygens (including phenoxy) is 1. The fourth-order valence-corrected chi connectivity index (χ4v) is 1.34. The molecule has 0 bridgehead atoms. The van der Waals surface area contributed by atoms with E-state index in [-0.39, 0.29) is 0 Å². The Balaban J connectivity index is 2.22. The first-order valence-electron chi connectivity index (χ1n) is 4.95. The molecule has 0 radical (unpaired) electrons. The van der Waals surface area contributed by atoms with Gasteiger partial charge in [0.05, 0.1) is 7.11 Å². The van der Waals surface area contributed by atoms with Gasteiger partial charge in [0, 0.05) is 29.7 Å². The molecule has 17 heavy (non-hydrogen) atoms. The van der Waals surface area contributed by atoms with Gasteiger partial charge in [-0.2, -0.15) is 0 Å². The second-order valence-electron chi connectivity index (χ2n) is 3.38. The lowest BCUT2D eigenvalue weighted by Crippen LogP contribution is -1.98. The molecule has 0 saturated carbocycles. The molecular formula is C11H11ClN4O. The van der Waals surface area contributed by atoms with Crippen LogP contribution >= 0.6 is 11.6 Å². The Labute approximate surface area is 104 Å².